The molecule has 0 saturated heterocycles. The Kier molecular flexibility index (Phi) is 8.18. The van der Waals surface area contributed by atoms with Gasteiger partial charge >= 0.3 is 0 Å². The summed E-state index contributed by atoms with van der Waals surface area (Å²) in [6.07, 6.45) is 0.0401. The minimum absolute atomic E-state index is 0.136. The Morgan fingerprint density at radius 3 is 2.36 bits per heavy atom. The molecular weight excluding hydrogens is 354 g/mol. The molecule has 0 spiro atoms. The zero-order chi connectivity index (χ0) is 20.5. The van der Waals surface area contributed by atoms with Gasteiger partial charge in [0.15, 0.2) is 17.6 Å². The largest absolute Gasteiger partial charge is 0.490 e. The van der Waals surface area contributed by atoms with Crippen molar-refractivity contribution in [1.82, 2.24) is 5.32 Å². The van der Waals surface area contributed by atoms with E-state index in [4.69, 9.17) is 14.2 Å². The molecule has 0 unspecified atom stereocenters. The molecule has 0 aromatic heterocycles. The summed E-state index contributed by atoms with van der Waals surface area (Å²) in [5.41, 5.74) is 2.05. The highest BCUT2D eigenvalue weighted by Gasteiger charge is 2.21. The highest BCUT2D eigenvalue weighted by molar-refractivity contribution is 5.81. The van der Waals surface area contributed by atoms with Gasteiger partial charge in [-0.05, 0) is 69.5 Å². The fraction of sp³-hybridized carbons (Fsp3) is 0.435. The molecule has 0 heterocycles. The van der Waals surface area contributed by atoms with E-state index in [1.807, 2.05) is 77.1 Å². The number of benzene rings is 2. The molecule has 0 radical (unpaired) electrons. The van der Waals surface area contributed by atoms with Gasteiger partial charge in [0.1, 0.15) is 5.75 Å². The van der Waals surface area contributed by atoms with Gasteiger partial charge in [-0.1, -0.05) is 25.1 Å². The molecule has 152 valence electrons. The third-order valence-electron chi connectivity index (χ3n) is 4.36. The molecule has 2 aromatic rings. The van der Waals surface area contributed by atoms with E-state index in [1.54, 1.807) is 0 Å². The van der Waals surface area contributed by atoms with E-state index in [-0.39, 0.29) is 11.9 Å². The Balaban J connectivity index is 2.08. The minimum atomic E-state index is -0.543. The molecule has 5 nitrogen and oxygen atoms in total. The third kappa shape index (κ3) is 5.91. The van der Waals surface area contributed by atoms with Gasteiger partial charge in [0.05, 0.1) is 19.3 Å². The van der Waals surface area contributed by atoms with Crippen molar-refractivity contribution in [3.63, 3.8) is 0 Å². The SMILES string of the molecule is CCOc1ccc([C@@H](C)NC(=O)[C@@H](CC)Oc2cccc(C)c2)cc1OCC. The lowest BCUT2D eigenvalue weighted by Gasteiger charge is -2.22. The van der Waals surface area contributed by atoms with Crippen LogP contribution in [0, 0.1) is 6.92 Å². The second-order valence-corrected chi connectivity index (χ2v) is 6.63. The molecule has 0 aliphatic rings. The summed E-state index contributed by atoms with van der Waals surface area (Å²) in [6.45, 7) is 10.9. The average molecular weight is 386 g/mol. The quantitative estimate of drug-likeness (QED) is 0.637. The molecule has 0 aliphatic carbocycles. The second kappa shape index (κ2) is 10.6. The number of carbonyl (C=O) groups is 1. The normalized spacial score (nSPS) is 12.8. The average Bonchev–Trinajstić information content (AvgIpc) is 2.67. The molecule has 2 rings (SSSR count). The molecule has 0 aliphatic heterocycles. The van der Waals surface area contributed by atoms with Crippen molar-refractivity contribution >= 4 is 5.91 Å². The smallest absolute Gasteiger partial charge is 0.261 e. The van der Waals surface area contributed by atoms with Gasteiger partial charge < -0.3 is 19.5 Å². The summed E-state index contributed by atoms with van der Waals surface area (Å²) in [4.78, 5) is 12.7. The van der Waals surface area contributed by atoms with E-state index >= 15 is 0 Å². The Bertz CT molecular complexity index is 775. The number of nitrogens with one attached hydrogen (secondary N) is 1. The van der Waals surface area contributed by atoms with Crippen molar-refractivity contribution in [3.05, 3.63) is 53.6 Å². The number of ether oxygens (including phenoxy) is 3. The summed E-state index contributed by atoms with van der Waals surface area (Å²) in [5.74, 6) is 1.96. The van der Waals surface area contributed by atoms with E-state index in [9.17, 15) is 4.79 Å². The van der Waals surface area contributed by atoms with E-state index in [2.05, 4.69) is 5.32 Å². The molecule has 1 N–H and O–H groups in total. The van der Waals surface area contributed by atoms with Crippen LogP contribution in [0.3, 0.4) is 0 Å². The Morgan fingerprint density at radius 1 is 1.00 bits per heavy atom. The Morgan fingerprint density at radius 2 is 1.71 bits per heavy atom. The first-order valence-corrected chi connectivity index (χ1v) is 9.91. The van der Waals surface area contributed by atoms with Crippen LogP contribution in [0.2, 0.25) is 0 Å². The first kappa shape index (κ1) is 21.6. The number of amides is 1. The number of carbonyl (C=O) groups excluding carboxylic acids is 1. The predicted octanol–water partition coefficient (Wildman–Crippen LogP) is 4.83. The summed E-state index contributed by atoms with van der Waals surface area (Å²) >= 11 is 0. The van der Waals surface area contributed by atoms with Crippen LogP contribution < -0.4 is 19.5 Å². The Hall–Kier alpha value is -2.69. The molecule has 2 aromatic carbocycles. The maximum absolute atomic E-state index is 12.7. The van der Waals surface area contributed by atoms with Gasteiger partial charge in [-0.2, -0.15) is 0 Å². The maximum atomic E-state index is 12.7. The lowest BCUT2D eigenvalue weighted by atomic mass is 10.1. The fourth-order valence-corrected chi connectivity index (χ4v) is 2.90. The molecule has 0 fully saturated rings. The lowest BCUT2D eigenvalue weighted by molar-refractivity contribution is -0.128. The molecular formula is C23H31NO4. The number of hydrogen-bond donors (Lipinski definition) is 1. The van der Waals surface area contributed by atoms with E-state index in [1.165, 1.54) is 0 Å². The van der Waals surface area contributed by atoms with E-state index in [0.717, 1.165) is 11.1 Å². The summed E-state index contributed by atoms with van der Waals surface area (Å²) in [5, 5.41) is 3.04. The number of hydrogen-bond acceptors (Lipinski definition) is 4. The van der Waals surface area contributed by atoms with E-state index < -0.39 is 6.10 Å². The molecule has 2 atom stereocenters. The predicted molar refractivity (Wildman–Crippen MR) is 111 cm³/mol. The van der Waals surface area contributed by atoms with Crippen molar-refractivity contribution in [2.75, 3.05) is 13.2 Å². The first-order chi connectivity index (χ1) is 13.5. The van der Waals surface area contributed by atoms with Crippen LogP contribution in [-0.2, 0) is 4.79 Å². The van der Waals surface area contributed by atoms with Gasteiger partial charge in [0, 0.05) is 0 Å². The van der Waals surface area contributed by atoms with Crippen molar-refractivity contribution in [2.24, 2.45) is 0 Å². The van der Waals surface area contributed by atoms with Gasteiger partial charge in [-0.25, -0.2) is 0 Å². The zero-order valence-corrected chi connectivity index (χ0v) is 17.5. The van der Waals surface area contributed by atoms with Crippen molar-refractivity contribution in [1.29, 1.82) is 0 Å². The van der Waals surface area contributed by atoms with E-state index in [0.29, 0.717) is 36.9 Å². The van der Waals surface area contributed by atoms with Crippen LogP contribution in [0.1, 0.15) is 51.3 Å². The van der Waals surface area contributed by atoms with Crippen molar-refractivity contribution in [3.8, 4) is 17.2 Å². The maximum Gasteiger partial charge on any atom is 0.261 e. The highest BCUT2D eigenvalue weighted by Crippen LogP contribution is 2.30. The van der Waals surface area contributed by atoms with Crippen LogP contribution in [0.5, 0.6) is 17.2 Å². The zero-order valence-electron chi connectivity index (χ0n) is 17.5. The van der Waals surface area contributed by atoms with Gasteiger partial charge in [0.25, 0.3) is 5.91 Å². The van der Waals surface area contributed by atoms with Crippen molar-refractivity contribution < 1.29 is 19.0 Å². The standard InChI is InChI=1S/C23H31NO4/c1-6-20(28-19-11-9-10-16(4)14-19)23(25)24-17(5)18-12-13-21(26-7-2)22(15-18)27-8-3/h9-15,17,20H,6-8H2,1-5H3,(H,24,25)/t17-,20-/m1/s1. The fourth-order valence-electron chi connectivity index (χ4n) is 2.90. The van der Waals surface area contributed by atoms with Crippen LogP contribution in [-0.4, -0.2) is 25.2 Å². The topological polar surface area (TPSA) is 56.8 Å². The minimum Gasteiger partial charge on any atom is -0.490 e. The third-order valence-corrected chi connectivity index (χ3v) is 4.36. The van der Waals surface area contributed by atoms with Crippen LogP contribution >= 0.6 is 0 Å². The molecule has 1 amide bonds. The molecule has 0 bridgehead atoms. The van der Waals surface area contributed by atoms with Crippen LogP contribution in [0.25, 0.3) is 0 Å². The molecule has 5 heteroatoms. The summed E-state index contributed by atoms with van der Waals surface area (Å²) < 4.78 is 17.2. The molecule has 0 saturated carbocycles. The second-order valence-electron chi connectivity index (χ2n) is 6.63. The van der Waals surface area contributed by atoms with Gasteiger partial charge in [-0.15, -0.1) is 0 Å². The summed E-state index contributed by atoms with van der Waals surface area (Å²) in [6, 6.07) is 13.3. The lowest BCUT2D eigenvalue weighted by Crippen LogP contribution is -2.39. The first-order valence-electron chi connectivity index (χ1n) is 9.91. The number of aryl methyl sites for hydroxylation is 1. The number of rotatable bonds is 10. The van der Waals surface area contributed by atoms with Crippen LogP contribution in [0.15, 0.2) is 42.5 Å². The molecule has 28 heavy (non-hydrogen) atoms. The summed E-state index contributed by atoms with van der Waals surface area (Å²) in [7, 11) is 0. The highest BCUT2D eigenvalue weighted by atomic mass is 16.5. The Labute approximate surface area is 168 Å². The van der Waals surface area contributed by atoms with Gasteiger partial charge in [0.2, 0.25) is 0 Å². The van der Waals surface area contributed by atoms with Crippen LogP contribution in [0.4, 0.5) is 0 Å². The van der Waals surface area contributed by atoms with Crippen molar-refractivity contribution in [2.45, 2.75) is 53.2 Å². The van der Waals surface area contributed by atoms with Gasteiger partial charge in [-0.3, -0.25) is 4.79 Å². The monoisotopic (exact) mass is 385 g/mol.